The Bertz CT molecular complexity index is 1080. The molecule has 1 saturated heterocycles. The van der Waals surface area contributed by atoms with Gasteiger partial charge in [-0.1, -0.05) is 6.08 Å². The molecule has 1 N–H and O–H groups in total. The number of nitrogens with zero attached hydrogens (tertiary/aromatic N) is 4. The van der Waals surface area contributed by atoms with Crippen LogP contribution in [0.1, 0.15) is 42.1 Å². The molecule has 4 atom stereocenters. The summed E-state index contributed by atoms with van der Waals surface area (Å²) < 4.78 is 6.94. The predicted octanol–water partition coefficient (Wildman–Crippen LogP) is 1.54. The number of pyridine rings is 1. The fraction of sp³-hybridized carbons (Fsp3) is 0.478. The zero-order valence-corrected chi connectivity index (χ0v) is 17.5. The maximum Gasteiger partial charge on any atom is 0.323 e. The van der Waals surface area contributed by atoms with Gasteiger partial charge in [0.05, 0.1) is 13.2 Å². The van der Waals surface area contributed by atoms with Crippen LogP contribution in [0.3, 0.4) is 0 Å². The van der Waals surface area contributed by atoms with Crippen LogP contribution in [0.4, 0.5) is 0 Å². The summed E-state index contributed by atoms with van der Waals surface area (Å²) >= 11 is 0. The van der Waals surface area contributed by atoms with Gasteiger partial charge in [-0.05, 0) is 37.0 Å². The van der Waals surface area contributed by atoms with Gasteiger partial charge in [0.25, 0.3) is 5.56 Å². The van der Waals surface area contributed by atoms with E-state index in [2.05, 4.69) is 16.0 Å². The number of rotatable bonds is 5. The first-order valence-corrected chi connectivity index (χ1v) is 10.8. The fourth-order valence-electron chi connectivity index (χ4n) is 5.65. The largest absolute Gasteiger partial charge is 0.468 e. The van der Waals surface area contributed by atoms with Gasteiger partial charge >= 0.3 is 5.97 Å². The number of aromatic nitrogens is 3. The summed E-state index contributed by atoms with van der Waals surface area (Å²) in [4.78, 5) is 36.3. The van der Waals surface area contributed by atoms with E-state index in [1.807, 2.05) is 21.6 Å². The second-order valence-electron chi connectivity index (χ2n) is 8.55. The Labute approximate surface area is 180 Å². The molecule has 31 heavy (non-hydrogen) atoms. The number of ether oxygens (including phenoxy) is 1. The first kappa shape index (κ1) is 20.1. The normalized spacial score (nSPS) is 27.1. The van der Waals surface area contributed by atoms with Crippen molar-refractivity contribution in [2.24, 2.45) is 11.8 Å². The molecule has 162 valence electrons. The molecule has 0 unspecified atom stereocenters. The average Bonchev–Trinajstić information content (AvgIpc) is 3.51. The van der Waals surface area contributed by atoms with Crippen LogP contribution in [0.25, 0.3) is 5.57 Å². The van der Waals surface area contributed by atoms with E-state index in [9.17, 15) is 14.7 Å². The zero-order valence-electron chi connectivity index (χ0n) is 17.5. The Morgan fingerprint density at radius 3 is 2.77 bits per heavy atom. The minimum Gasteiger partial charge on any atom is -0.468 e. The standard InChI is InChI=1S/C23H26N4O4/c1-31-23(30)21-18(12-28)17-11-26-19(7-6-16(22(26)29)15-4-2-3-5-15)20(17)27(21)10-14-8-24-13-25-9-14/h4,6-9,13,17-18,20-21,28H,2-3,5,10-12H2,1H3/t17-,18-,20+,21-/m1/s1. The highest BCUT2D eigenvalue weighted by atomic mass is 16.5. The van der Waals surface area contributed by atoms with Crippen molar-refractivity contribution in [1.82, 2.24) is 19.4 Å². The Morgan fingerprint density at radius 1 is 1.29 bits per heavy atom. The molecule has 8 nitrogen and oxygen atoms in total. The number of aliphatic hydroxyl groups excluding tert-OH is 1. The second kappa shape index (κ2) is 8.01. The van der Waals surface area contributed by atoms with E-state index in [0.717, 1.165) is 41.7 Å². The number of fused-ring (bicyclic) bond motifs is 3. The molecular formula is C23H26N4O4. The summed E-state index contributed by atoms with van der Waals surface area (Å²) in [6.07, 6.45) is 10.1. The number of likely N-dealkylation sites (tertiary alicyclic amines) is 1. The predicted molar refractivity (Wildman–Crippen MR) is 113 cm³/mol. The number of hydrogen-bond donors (Lipinski definition) is 1. The van der Waals surface area contributed by atoms with E-state index in [-0.39, 0.29) is 36.0 Å². The molecule has 0 radical (unpaired) electrons. The zero-order chi connectivity index (χ0) is 21.5. The minimum absolute atomic E-state index is 0.0225. The summed E-state index contributed by atoms with van der Waals surface area (Å²) in [5.41, 5.74) is 3.67. The van der Waals surface area contributed by atoms with Crippen molar-refractivity contribution in [3.63, 3.8) is 0 Å². The van der Waals surface area contributed by atoms with Crippen LogP contribution in [-0.2, 0) is 22.6 Å². The van der Waals surface area contributed by atoms with Gasteiger partial charge in [-0.25, -0.2) is 9.97 Å². The lowest BCUT2D eigenvalue weighted by Gasteiger charge is -2.29. The molecular weight excluding hydrogens is 396 g/mol. The highest BCUT2D eigenvalue weighted by molar-refractivity contribution is 5.77. The van der Waals surface area contributed by atoms with Gasteiger partial charge in [0.2, 0.25) is 0 Å². The molecule has 2 aliphatic heterocycles. The van der Waals surface area contributed by atoms with Gasteiger partial charge in [0, 0.05) is 60.7 Å². The summed E-state index contributed by atoms with van der Waals surface area (Å²) in [5, 5.41) is 10.2. The molecule has 1 fully saturated rings. The Hall–Kier alpha value is -2.84. The Balaban J connectivity index is 1.58. The lowest BCUT2D eigenvalue weighted by molar-refractivity contribution is -0.148. The number of allylic oxidation sites excluding steroid dienone is 2. The molecule has 5 rings (SSSR count). The summed E-state index contributed by atoms with van der Waals surface area (Å²) in [7, 11) is 1.37. The molecule has 2 aromatic rings. The first-order chi connectivity index (χ1) is 15.1. The average molecular weight is 422 g/mol. The molecule has 0 amide bonds. The van der Waals surface area contributed by atoms with Crippen molar-refractivity contribution < 1.29 is 14.6 Å². The quantitative estimate of drug-likeness (QED) is 0.730. The molecule has 0 saturated carbocycles. The summed E-state index contributed by atoms with van der Waals surface area (Å²) in [6.45, 7) is 0.767. The van der Waals surface area contributed by atoms with Crippen LogP contribution in [0.5, 0.6) is 0 Å². The van der Waals surface area contributed by atoms with Crippen molar-refractivity contribution >= 4 is 11.5 Å². The SMILES string of the molecule is COC(=O)[C@H]1[C@H](CO)[C@H]2Cn3c(ccc(C4=CCCC4)c3=O)[C@H]2N1Cc1cncnc1. The number of methoxy groups -OCH3 is 1. The smallest absolute Gasteiger partial charge is 0.323 e. The Kier molecular flexibility index (Phi) is 5.19. The van der Waals surface area contributed by atoms with E-state index >= 15 is 0 Å². The molecule has 3 aliphatic rings. The number of aliphatic hydroxyl groups is 1. The maximum absolute atomic E-state index is 13.3. The van der Waals surface area contributed by atoms with Crippen molar-refractivity contribution in [2.75, 3.05) is 13.7 Å². The van der Waals surface area contributed by atoms with Crippen molar-refractivity contribution in [3.8, 4) is 0 Å². The molecule has 0 spiro atoms. The monoisotopic (exact) mass is 422 g/mol. The van der Waals surface area contributed by atoms with Crippen LogP contribution in [-0.4, -0.2) is 50.3 Å². The first-order valence-electron chi connectivity index (χ1n) is 10.8. The van der Waals surface area contributed by atoms with Gasteiger partial charge in [0.1, 0.15) is 12.4 Å². The minimum atomic E-state index is -0.591. The molecule has 4 heterocycles. The number of hydrogen-bond acceptors (Lipinski definition) is 7. The molecule has 8 heteroatoms. The third kappa shape index (κ3) is 3.21. The van der Waals surface area contributed by atoms with Gasteiger partial charge in [0.15, 0.2) is 0 Å². The molecule has 0 aromatic carbocycles. The van der Waals surface area contributed by atoms with E-state index in [1.54, 1.807) is 12.4 Å². The number of carbonyl (C=O) groups is 1. The third-order valence-electron chi connectivity index (χ3n) is 7.00. The van der Waals surface area contributed by atoms with E-state index < -0.39 is 6.04 Å². The summed E-state index contributed by atoms with van der Waals surface area (Å²) in [6, 6.07) is 3.19. The van der Waals surface area contributed by atoms with Crippen LogP contribution in [0, 0.1) is 11.8 Å². The van der Waals surface area contributed by atoms with Gasteiger partial charge in [-0.3, -0.25) is 14.5 Å². The third-order valence-corrected chi connectivity index (χ3v) is 7.00. The topological polar surface area (TPSA) is 97.5 Å². The van der Waals surface area contributed by atoms with Gasteiger partial charge in [-0.2, -0.15) is 0 Å². The highest BCUT2D eigenvalue weighted by Crippen LogP contribution is 2.50. The maximum atomic E-state index is 13.3. The van der Waals surface area contributed by atoms with Crippen LogP contribution in [0.15, 0.2) is 41.7 Å². The van der Waals surface area contributed by atoms with E-state index in [4.69, 9.17) is 4.74 Å². The van der Waals surface area contributed by atoms with Crippen LogP contribution >= 0.6 is 0 Å². The number of esters is 1. The van der Waals surface area contributed by atoms with Crippen LogP contribution in [0.2, 0.25) is 0 Å². The van der Waals surface area contributed by atoms with Crippen LogP contribution < -0.4 is 5.56 Å². The lowest BCUT2D eigenvalue weighted by atomic mass is 9.88. The lowest BCUT2D eigenvalue weighted by Crippen LogP contribution is -2.43. The van der Waals surface area contributed by atoms with Gasteiger partial charge in [-0.15, -0.1) is 0 Å². The highest BCUT2D eigenvalue weighted by Gasteiger charge is 2.56. The van der Waals surface area contributed by atoms with Crippen molar-refractivity contribution in [1.29, 1.82) is 0 Å². The molecule has 0 bridgehead atoms. The van der Waals surface area contributed by atoms with E-state index in [0.29, 0.717) is 13.1 Å². The van der Waals surface area contributed by atoms with Crippen molar-refractivity contribution in [3.05, 3.63) is 64.1 Å². The van der Waals surface area contributed by atoms with E-state index in [1.165, 1.54) is 13.4 Å². The Morgan fingerprint density at radius 2 is 2.10 bits per heavy atom. The number of carbonyl (C=O) groups excluding carboxylic acids is 1. The molecule has 2 aromatic heterocycles. The fourth-order valence-corrected chi connectivity index (χ4v) is 5.65. The van der Waals surface area contributed by atoms with Gasteiger partial charge < -0.3 is 14.4 Å². The van der Waals surface area contributed by atoms with Crippen molar-refractivity contribution in [2.45, 2.75) is 44.4 Å². The summed E-state index contributed by atoms with van der Waals surface area (Å²) in [5.74, 6) is -0.748. The molecule has 1 aliphatic carbocycles. The second-order valence-corrected chi connectivity index (χ2v) is 8.55.